The van der Waals surface area contributed by atoms with Crippen molar-refractivity contribution in [2.75, 3.05) is 4.72 Å². The van der Waals surface area contributed by atoms with Crippen LogP contribution in [0.3, 0.4) is 0 Å². The van der Waals surface area contributed by atoms with Gasteiger partial charge in [0.15, 0.2) is 5.82 Å². The molecule has 0 saturated carbocycles. The molecule has 0 fully saturated rings. The second-order valence-corrected chi connectivity index (χ2v) is 6.20. The van der Waals surface area contributed by atoms with Gasteiger partial charge in [0.2, 0.25) is 5.82 Å². The van der Waals surface area contributed by atoms with Crippen LogP contribution in [-0.2, 0) is 10.0 Å². The molecule has 110 valence electrons. The molecule has 21 heavy (non-hydrogen) atoms. The first-order valence-corrected chi connectivity index (χ1v) is 7.51. The Morgan fingerprint density at radius 1 is 1.29 bits per heavy atom. The number of nitrogens with one attached hydrogen (secondary N) is 1. The van der Waals surface area contributed by atoms with Crippen molar-refractivity contribution in [2.24, 2.45) is 0 Å². The van der Waals surface area contributed by atoms with Crippen LogP contribution in [0.1, 0.15) is 0 Å². The fourth-order valence-electron chi connectivity index (χ4n) is 1.36. The van der Waals surface area contributed by atoms with E-state index < -0.39 is 31.3 Å². The molecule has 2 aromatic rings. The summed E-state index contributed by atoms with van der Waals surface area (Å²) in [5.41, 5.74) is -0.808. The van der Waals surface area contributed by atoms with E-state index in [9.17, 15) is 22.9 Å². The second kappa shape index (κ2) is 5.69. The van der Waals surface area contributed by atoms with E-state index in [1.165, 1.54) is 6.20 Å². The molecule has 8 nitrogen and oxygen atoms in total. The standard InChI is InChI=1S/C10H6BrFN4O4S/c11-9-4-14-10(5-13-9)15-21(19,20)6-1-2-8(16(17)18)7(12)3-6/h1-5H,(H,14,15). The summed E-state index contributed by atoms with van der Waals surface area (Å²) in [4.78, 5) is 16.6. The normalized spacial score (nSPS) is 11.1. The van der Waals surface area contributed by atoms with Crippen molar-refractivity contribution in [1.82, 2.24) is 9.97 Å². The molecule has 1 aromatic carbocycles. The summed E-state index contributed by atoms with van der Waals surface area (Å²) >= 11 is 3.04. The van der Waals surface area contributed by atoms with E-state index in [2.05, 4.69) is 30.6 Å². The van der Waals surface area contributed by atoms with Crippen LogP contribution in [-0.4, -0.2) is 23.3 Å². The molecule has 11 heteroatoms. The van der Waals surface area contributed by atoms with Crippen molar-refractivity contribution in [3.63, 3.8) is 0 Å². The van der Waals surface area contributed by atoms with Crippen molar-refractivity contribution in [3.8, 4) is 0 Å². The van der Waals surface area contributed by atoms with Gasteiger partial charge in [-0.1, -0.05) is 0 Å². The molecule has 0 aliphatic heterocycles. The zero-order valence-corrected chi connectivity index (χ0v) is 12.4. The van der Waals surface area contributed by atoms with Gasteiger partial charge >= 0.3 is 5.69 Å². The summed E-state index contributed by atoms with van der Waals surface area (Å²) in [7, 11) is -4.12. The highest BCUT2D eigenvalue weighted by Gasteiger charge is 2.21. The van der Waals surface area contributed by atoms with Crippen molar-refractivity contribution >= 4 is 37.5 Å². The van der Waals surface area contributed by atoms with Crippen molar-refractivity contribution < 1.29 is 17.7 Å². The molecule has 0 radical (unpaired) electrons. The van der Waals surface area contributed by atoms with Gasteiger partial charge in [-0.3, -0.25) is 14.8 Å². The topological polar surface area (TPSA) is 115 Å². The first kappa shape index (κ1) is 15.3. The smallest absolute Gasteiger partial charge is 0.262 e. The number of anilines is 1. The predicted molar refractivity (Wildman–Crippen MR) is 73.6 cm³/mol. The van der Waals surface area contributed by atoms with Gasteiger partial charge in [0.1, 0.15) is 4.60 Å². The van der Waals surface area contributed by atoms with E-state index in [-0.39, 0.29) is 5.82 Å². The second-order valence-electron chi connectivity index (χ2n) is 3.70. The van der Waals surface area contributed by atoms with Crippen molar-refractivity contribution in [3.05, 3.63) is 51.1 Å². The van der Waals surface area contributed by atoms with E-state index >= 15 is 0 Å². The summed E-state index contributed by atoms with van der Waals surface area (Å²) in [6.07, 6.45) is 2.43. The van der Waals surface area contributed by atoms with E-state index in [0.717, 1.165) is 18.3 Å². The van der Waals surface area contributed by atoms with Gasteiger partial charge in [0, 0.05) is 12.1 Å². The van der Waals surface area contributed by atoms with E-state index in [4.69, 9.17) is 0 Å². The molecule has 0 atom stereocenters. The highest BCUT2D eigenvalue weighted by Crippen LogP contribution is 2.22. The maximum Gasteiger partial charge on any atom is 0.304 e. The molecule has 0 bridgehead atoms. The first-order valence-electron chi connectivity index (χ1n) is 5.24. The molecule has 1 heterocycles. The predicted octanol–water partition coefficient (Wildman–Crippen LogP) is 2.09. The van der Waals surface area contributed by atoms with Gasteiger partial charge in [-0.15, -0.1) is 0 Å². The van der Waals surface area contributed by atoms with E-state index in [1.807, 2.05) is 0 Å². The Morgan fingerprint density at radius 3 is 2.52 bits per heavy atom. The highest BCUT2D eigenvalue weighted by atomic mass is 79.9. The fourth-order valence-corrected chi connectivity index (χ4v) is 2.57. The molecule has 0 amide bonds. The van der Waals surface area contributed by atoms with Gasteiger partial charge in [0.05, 0.1) is 22.2 Å². The number of halogens is 2. The van der Waals surface area contributed by atoms with E-state index in [1.54, 1.807) is 0 Å². The average Bonchev–Trinajstić information content (AvgIpc) is 2.40. The Labute approximate surface area is 126 Å². The van der Waals surface area contributed by atoms with Crippen LogP contribution >= 0.6 is 15.9 Å². The third-order valence-corrected chi connectivity index (χ3v) is 4.05. The lowest BCUT2D eigenvalue weighted by Gasteiger charge is -2.07. The number of aromatic nitrogens is 2. The molecule has 1 aromatic heterocycles. The first-order chi connectivity index (χ1) is 9.79. The molecular weight excluding hydrogens is 371 g/mol. The summed E-state index contributed by atoms with van der Waals surface area (Å²) in [6.45, 7) is 0. The average molecular weight is 377 g/mol. The SMILES string of the molecule is O=[N+]([O-])c1ccc(S(=O)(=O)Nc2cnc(Br)cn2)cc1F. The van der Waals surface area contributed by atoms with Gasteiger partial charge in [0.25, 0.3) is 10.0 Å². The minimum absolute atomic E-state index is 0.0723. The number of nitro groups is 1. The zero-order chi connectivity index (χ0) is 15.6. The number of hydrogen-bond donors (Lipinski definition) is 1. The van der Waals surface area contributed by atoms with Crippen LogP contribution in [0, 0.1) is 15.9 Å². The van der Waals surface area contributed by atoms with Gasteiger partial charge in [-0.2, -0.15) is 4.39 Å². The maximum absolute atomic E-state index is 13.5. The largest absolute Gasteiger partial charge is 0.304 e. The van der Waals surface area contributed by atoms with Crippen molar-refractivity contribution in [2.45, 2.75) is 4.90 Å². The molecule has 0 saturated heterocycles. The summed E-state index contributed by atoms with van der Waals surface area (Å²) in [5, 5.41) is 10.5. The molecule has 0 spiro atoms. The Bertz CT molecular complexity index is 797. The highest BCUT2D eigenvalue weighted by molar-refractivity contribution is 9.10. The van der Waals surface area contributed by atoms with Gasteiger partial charge in [-0.25, -0.2) is 18.4 Å². The van der Waals surface area contributed by atoms with E-state index in [0.29, 0.717) is 10.7 Å². The number of benzene rings is 1. The van der Waals surface area contributed by atoms with Crippen molar-refractivity contribution in [1.29, 1.82) is 0 Å². The number of sulfonamides is 1. The zero-order valence-electron chi connectivity index (χ0n) is 10.0. The molecular formula is C10H6BrFN4O4S. The molecule has 2 rings (SSSR count). The third kappa shape index (κ3) is 3.49. The molecule has 0 aliphatic rings. The number of hydrogen-bond acceptors (Lipinski definition) is 6. The number of nitro benzene ring substituents is 1. The number of rotatable bonds is 4. The Balaban J connectivity index is 2.33. The minimum atomic E-state index is -4.12. The van der Waals surface area contributed by atoms with Crippen LogP contribution in [0.25, 0.3) is 0 Å². The molecule has 1 N–H and O–H groups in total. The van der Waals surface area contributed by atoms with Crippen LogP contribution in [0.2, 0.25) is 0 Å². The van der Waals surface area contributed by atoms with Gasteiger partial charge < -0.3 is 0 Å². The van der Waals surface area contributed by atoms with Gasteiger partial charge in [-0.05, 0) is 22.0 Å². The summed E-state index contributed by atoms with van der Waals surface area (Å²) < 4.78 is 39.9. The molecule has 0 aliphatic carbocycles. The molecule has 0 unspecified atom stereocenters. The third-order valence-electron chi connectivity index (χ3n) is 2.29. The monoisotopic (exact) mass is 376 g/mol. The minimum Gasteiger partial charge on any atom is -0.262 e. The number of nitrogens with zero attached hydrogens (tertiary/aromatic N) is 3. The lowest BCUT2D eigenvalue weighted by atomic mass is 10.3. The Kier molecular flexibility index (Phi) is 4.14. The van der Waals surface area contributed by atoms with Crippen LogP contribution in [0.15, 0.2) is 40.1 Å². The Morgan fingerprint density at radius 2 is 2.00 bits per heavy atom. The van der Waals surface area contributed by atoms with Crippen LogP contribution < -0.4 is 4.72 Å². The van der Waals surface area contributed by atoms with Crippen LogP contribution in [0.4, 0.5) is 15.9 Å². The van der Waals surface area contributed by atoms with Crippen LogP contribution in [0.5, 0.6) is 0 Å². The fraction of sp³-hybridized carbons (Fsp3) is 0. The summed E-state index contributed by atoms with van der Waals surface area (Å²) in [6, 6.07) is 2.26. The Hall–Kier alpha value is -2.14. The summed E-state index contributed by atoms with van der Waals surface area (Å²) in [5.74, 6) is -1.32. The lowest BCUT2D eigenvalue weighted by molar-refractivity contribution is -0.387. The maximum atomic E-state index is 13.5. The lowest BCUT2D eigenvalue weighted by Crippen LogP contribution is -2.14. The quantitative estimate of drug-likeness (QED) is 0.645.